The van der Waals surface area contributed by atoms with Crippen LogP contribution in [0.25, 0.3) is 0 Å². The maximum Gasteiger partial charge on any atom is 0.443 e. The van der Waals surface area contributed by atoms with Crippen molar-refractivity contribution in [3.63, 3.8) is 0 Å². The SMILES string of the molecule is CC(Cc1ccc(OCCCCCCO)cc1)NCC(O)c1csc(C(F)(F)F)n1. The van der Waals surface area contributed by atoms with E-state index in [9.17, 15) is 18.3 Å². The number of rotatable bonds is 13. The average molecular weight is 447 g/mol. The van der Waals surface area contributed by atoms with Gasteiger partial charge in [0, 0.05) is 24.6 Å². The fraction of sp³-hybridized carbons (Fsp3) is 0.571. The first-order chi connectivity index (χ1) is 14.3. The first-order valence-corrected chi connectivity index (χ1v) is 10.9. The lowest BCUT2D eigenvalue weighted by molar-refractivity contribution is -0.137. The number of ether oxygens (including phenoxy) is 1. The Hall–Kier alpha value is -1.68. The first kappa shape index (κ1) is 24.6. The highest BCUT2D eigenvalue weighted by molar-refractivity contribution is 7.09. The highest BCUT2D eigenvalue weighted by Crippen LogP contribution is 2.32. The molecule has 2 atom stereocenters. The fourth-order valence-corrected chi connectivity index (χ4v) is 3.63. The van der Waals surface area contributed by atoms with Gasteiger partial charge in [-0.1, -0.05) is 18.6 Å². The number of benzene rings is 1. The fourth-order valence-electron chi connectivity index (χ4n) is 2.89. The summed E-state index contributed by atoms with van der Waals surface area (Å²) in [6, 6.07) is 7.81. The summed E-state index contributed by atoms with van der Waals surface area (Å²) in [5.41, 5.74) is 1.12. The number of thiazole rings is 1. The number of halogens is 3. The Morgan fingerprint density at radius 2 is 1.83 bits per heavy atom. The smallest absolute Gasteiger partial charge is 0.443 e. The first-order valence-electron chi connectivity index (χ1n) is 10.1. The topological polar surface area (TPSA) is 74.6 Å². The quantitative estimate of drug-likeness (QED) is 0.399. The molecule has 0 saturated carbocycles. The van der Waals surface area contributed by atoms with Crippen molar-refractivity contribution in [2.45, 2.75) is 57.3 Å². The third-order valence-corrected chi connectivity index (χ3v) is 5.46. The number of aromatic nitrogens is 1. The molecule has 168 valence electrons. The summed E-state index contributed by atoms with van der Waals surface area (Å²) in [6.07, 6.45) is -1.05. The van der Waals surface area contributed by atoms with Gasteiger partial charge in [0.1, 0.15) is 11.9 Å². The Balaban J connectivity index is 1.70. The number of hydrogen-bond donors (Lipinski definition) is 3. The molecule has 0 aliphatic heterocycles. The molecule has 9 heteroatoms. The summed E-state index contributed by atoms with van der Waals surface area (Å²) < 4.78 is 43.5. The van der Waals surface area contributed by atoms with E-state index in [-0.39, 0.29) is 24.9 Å². The molecule has 2 unspecified atom stereocenters. The zero-order chi connectivity index (χ0) is 22.0. The van der Waals surface area contributed by atoms with Crippen LogP contribution in [0.4, 0.5) is 13.2 Å². The van der Waals surface area contributed by atoms with Crippen molar-refractivity contribution < 1.29 is 28.1 Å². The van der Waals surface area contributed by atoms with Crippen molar-refractivity contribution >= 4 is 11.3 Å². The van der Waals surface area contributed by atoms with Gasteiger partial charge in [-0.05, 0) is 50.3 Å². The molecular formula is C21H29F3N2O3S. The predicted octanol–water partition coefficient (Wildman–Crippen LogP) is 4.35. The standard InChI is InChI=1S/C21H29F3N2O3S/c1-15(25-13-19(28)18-14-30-20(26-18)21(22,23)24)12-16-6-8-17(9-7-16)29-11-5-3-2-4-10-27/h6-9,14-15,19,25,27-28H,2-5,10-13H2,1H3. The third-order valence-electron chi connectivity index (χ3n) is 4.55. The van der Waals surface area contributed by atoms with Gasteiger partial charge in [-0.2, -0.15) is 13.2 Å². The van der Waals surface area contributed by atoms with Crippen molar-refractivity contribution in [2.75, 3.05) is 19.8 Å². The van der Waals surface area contributed by atoms with E-state index in [1.165, 1.54) is 5.38 Å². The molecule has 1 aromatic carbocycles. The molecule has 0 fully saturated rings. The van der Waals surface area contributed by atoms with Crippen LogP contribution < -0.4 is 10.1 Å². The molecule has 0 saturated heterocycles. The minimum absolute atomic E-state index is 0.0265. The van der Waals surface area contributed by atoms with Gasteiger partial charge < -0.3 is 20.3 Å². The second-order valence-electron chi connectivity index (χ2n) is 7.23. The van der Waals surface area contributed by atoms with Gasteiger partial charge in [0.2, 0.25) is 0 Å². The van der Waals surface area contributed by atoms with Crippen LogP contribution in [0.3, 0.4) is 0 Å². The lowest BCUT2D eigenvalue weighted by Crippen LogP contribution is -2.32. The highest BCUT2D eigenvalue weighted by Gasteiger charge is 2.35. The van der Waals surface area contributed by atoms with Crippen LogP contribution >= 0.6 is 11.3 Å². The minimum Gasteiger partial charge on any atom is -0.494 e. The van der Waals surface area contributed by atoms with Crippen LogP contribution in [0.15, 0.2) is 29.6 Å². The van der Waals surface area contributed by atoms with Crippen molar-refractivity contribution in [2.24, 2.45) is 0 Å². The maximum atomic E-state index is 12.6. The third kappa shape index (κ3) is 8.59. The molecule has 1 heterocycles. The summed E-state index contributed by atoms with van der Waals surface area (Å²) in [6.45, 7) is 2.96. The molecule has 0 radical (unpaired) electrons. The highest BCUT2D eigenvalue weighted by atomic mass is 32.1. The van der Waals surface area contributed by atoms with Crippen LogP contribution in [-0.4, -0.2) is 41.0 Å². The molecule has 0 spiro atoms. The van der Waals surface area contributed by atoms with Crippen molar-refractivity contribution in [3.8, 4) is 5.75 Å². The molecule has 0 aliphatic carbocycles. The van der Waals surface area contributed by atoms with Crippen molar-refractivity contribution in [3.05, 3.63) is 45.9 Å². The summed E-state index contributed by atoms with van der Waals surface area (Å²) in [4.78, 5) is 3.48. The zero-order valence-corrected chi connectivity index (χ0v) is 17.8. The summed E-state index contributed by atoms with van der Waals surface area (Å²) in [5, 5.41) is 22.3. The molecular weight excluding hydrogens is 417 g/mol. The summed E-state index contributed by atoms with van der Waals surface area (Å²) >= 11 is 0.487. The Kier molecular flexibility index (Phi) is 10.0. The van der Waals surface area contributed by atoms with Gasteiger partial charge in [0.05, 0.1) is 12.3 Å². The lowest BCUT2D eigenvalue weighted by atomic mass is 10.1. The number of alkyl halides is 3. The molecule has 3 N–H and O–H groups in total. The van der Waals surface area contributed by atoms with E-state index in [0.717, 1.165) is 37.0 Å². The molecule has 0 bridgehead atoms. The van der Waals surface area contributed by atoms with E-state index < -0.39 is 17.3 Å². The number of hydrogen-bond acceptors (Lipinski definition) is 6. The van der Waals surface area contributed by atoms with Gasteiger partial charge in [0.15, 0.2) is 5.01 Å². The second-order valence-corrected chi connectivity index (χ2v) is 8.09. The average Bonchev–Trinajstić information content (AvgIpc) is 3.21. The lowest BCUT2D eigenvalue weighted by Gasteiger charge is -2.16. The number of nitrogens with zero attached hydrogens (tertiary/aromatic N) is 1. The van der Waals surface area contributed by atoms with Crippen LogP contribution in [-0.2, 0) is 12.6 Å². The van der Waals surface area contributed by atoms with Crippen molar-refractivity contribution in [1.82, 2.24) is 10.3 Å². The molecule has 0 aliphatic rings. The van der Waals surface area contributed by atoms with Crippen molar-refractivity contribution in [1.29, 1.82) is 0 Å². The molecule has 1 aromatic heterocycles. The number of aliphatic hydroxyl groups excluding tert-OH is 2. The minimum atomic E-state index is -4.49. The van der Waals surface area contributed by atoms with E-state index in [4.69, 9.17) is 9.84 Å². The molecule has 5 nitrogen and oxygen atoms in total. The number of unbranched alkanes of at least 4 members (excludes halogenated alkanes) is 3. The van der Waals surface area contributed by atoms with Crippen LogP contribution in [0, 0.1) is 0 Å². The zero-order valence-electron chi connectivity index (χ0n) is 17.0. The monoisotopic (exact) mass is 446 g/mol. The van der Waals surface area contributed by atoms with E-state index in [1.54, 1.807) is 0 Å². The number of aliphatic hydroxyl groups is 2. The van der Waals surface area contributed by atoms with Crippen LogP contribution in [0.5, 0.6) is 5.75 Å². The van der Waals surface area contributed by atoms with E-state index in [0.29, 0.717) is 24.4 Å². The van der Waals surface area contributed by atoms with E-state index >= 15 is 0 Å². The normalized spacial score (nSPS) is 13.9. The van der Waals surface area contributed by atoms with E-state index in [2.05, 4.69) is 10.3 Å². The maximum absolute atomic E-state index is 12.6. The largest absolute Gasteiger partial charge is 0.494 e. The Labute approximate surface area is 178 Å². The molecule has 30 heavy (non-hydrogen) atoms. The Morgan fingerprint density at radius 1 is 1.13 bits per heavy atom. The van der Waals surface area contributed by atoms with E-state index in [1.807, 2.05) is 31.2 Å². The van der Waals surface area contributed by atoms with Gasteiger partial charge in [0.25, 0.3) is 0 Å². The second kappa shape index (κ2) is 12.2. The van der Waals surface area contributed by atoms with Gasteiger partial charge in [-0.15, -0.1) is 11.3 Å². The Bertz CT molecular complexity index is 738. The van der Waals surface area contributed by atoms with Gasteiger partial charge >= 0.3 is 6.18 Å². The Morgan fingerprint density at radius 3 is 2.47 bits per heavy atom. The predicted molar refractivity (Wildman–Crippen MR) is 111 cm³/mol. The number of nitrogens with one attached hydrogen (secondary N) is 1. The molecule has 2 aromatic rings. The van der Waals surface area contributed by atoms with Gasteiger partial charge in [-0.25, -0.2) is 4.98 Å². The molecule has 0 amide bonds. The van der Waals surface area contributed by atoms with Crippen LogP contribution in [0.1, 0.15) is 55.0 Å². The summed E-state index contributed by atoms with van der Waals surface area (Å²) in [7, 11) is 0. The van der Waals surface area contributed by atoms with Gasteiger partial charge in [-0.3, -0.25) is 0 Å². The van der Waals surface area contributed by atoms with Crippen LogP contribution in [0.2, 0.25) is 0 Å². The molecule has 2 rings (SSSR count). The summed E-state index contributed by atoms with van der Waals surface area (Å²) in [5.74, 6) is 0.806.